The number of anilines is 1. The number of nitrogens with one attached hydrogen (secondary N) is 2. The van der Waals surface area contributed by atoms with E-state index in [4.69, 9.17) is 9.84 Å². The smallest absolute Gasteiger partial charge is 0.335 e. The van der Waals surface area contributed by atoms with Crippen molar-refractivity contribution in [2.24, 2.45) is 0 Å². The summed E-state index contributed by atoms with van der Waals surface area (Å²) in [4.78, 5) is 26.2. The van der Waals surface area contributed by atoms with E-state index in [1.165, 1.54) is 0 Å². The monoisotopic (exact) mass is 459 g/mol. The Morgan fingerprint density at radius 1 is 0.912 bits per heavy atom. The number of para-hydroxylation sites is 1. The summed E-state index contributed by atoms with van der Waals surface area (Å²) in [6, 6.07) is 24.0. The molecule has 3 aromatic rings. The number of carboxylic acids is 1. The van der Waals surface area contributed by atoms with E-state index in [9.17, 15) is 9.59 Å². The van der Waals surface area contributed by atoms with Crippen molar-refractivity contribution in [1.29, 1.82) is 0 Å². The van der Waals surface area contributed by atoms with Crippen molar-refractivity contribution >= 4 is 17.6 Å². The Labute approximate surface area is 199 Å². The van der Waals surface area contributed by atoms with E-state index in [0.717, 1.165) is 37.2 Å². The third kappa shape index (κ3) is 6.66. The average molecular weight is 460 g/mol. The van der Waals surface area contributed by atoms with Crippen LogP contribution in [0.3, 0.4) is 0 Å². The number of piperidine rings is 1. The van der Waals surface area contributed by atoms with Crippen molar-refractivity contribution in [3.05, 3.63) is 90.0 Å². The van der Waals surface area contributed by atoms with Crippen molar-refractivity contribution in [1.82, 2.24) is 10.2 Å². The summed E-state index contributed by atoms with van der Waals surface area (Å²) in [6.07, 6.45) is 1.93. The summed E-state index contributed by atoms with van der Waals surface area (Å²) in [7, 11) is 0. The number of hydrogen-bond donors (Lipinski definition) is 3. The van der Waals surface area contributed by atoms with Gasteiger partial charge >= 0.3 is 5.97 Å². The maximum atomic E-state index is 12.9. The van der Waals surface area contributed by atoms with Crippen LogP contribution in [0.15, 0.2) is 78.9 Å². The second-order valence-corrected chi connectivity index (χ2v) is 8.38. The number of benzene rings is 3. The van der Waals surface area contributed by atoms with Crippen molar-refractivity contribution < 1.29 is 19.4 Å². The highest BCUT2D eigenvalue weighted by Gasteiger charge is 2.23. The van der Waals surface area contributed by atoms with Gasteiger partial charge in [-0.15, -0.1) is 0 Å². The number of ether oxygens (including phenoxy) is 1. The molecule has 34 heavy (non-hydrogen) atoms. The largest absolute Gasteiger partial charge is 0.478 e. The van der Waals surface area contributed by atoms with E-state index in [2.05, 4.69) is 15.5 Å². The van der Waals surface area contributed by atoms with E-state index < -0.39 is 5.97 Å². The number of carbonyl (C=O) groups excluding carboxylic acids is 1. The van der Waals surface area contributed by atoms with Gasteiger partial charge in [-0.2, -0.15) is 0 Å². The molecule has 1 aliphatic heterocycles. The van der Waals surface area contributed by atoms with Gasteiger partial charge in [0, 0.05) is 18.3 Å². The average Bonchev–Trinajstić information content (AvgIpc) is 2.86. The molecule has 1 saturated heterocycles. The van der Waals surface area contributed by atoms with Gasteiger partial charge in [-0.25, -0.2) is 4.79 Å². The number of nitrogens with zero attached hydrogens (tertiary/aromatic N) is 1. The van der Waals surface area contributed by atoms with Crippen LogP contribution < -0.4 is 15.4 Å². The van der Waals surface area contributed by atoms with Gasteiger partial charge in [-0.05, 0) is 80.0 Å². The number of aromatic carboxylic acids is 1. The Hall–Kier alpha value is -3.68. The molecule has 7 nitrogen and oxygen atoms in total. The van der Waals surface area contributed by atoms with Crippen molar-refractivity contribution in [3.8, 4) is 11.5 Å². The summed E-state index contributed by atoms with van der Waals surface area (Å²) in [5.74, 6) is 0.428. The minimum absolute atomic E-state index is 0.0857. The number of carboxylic acid groups (broad SMARTS) is 1. The fourth-order valence-electron chi connectivity index (χ4n) is 4.09. The number of rotatable bonds is 9. The fourth-order valence-corrected chi connectivity index (χ4v) is 4.09. The summed E-state index contributed by atoms with van der Waals surface area (Å²) in [6.45, 7) is 2.68. The molecule has 0 bridgehead atoms. The molecule has 0 radical (unpaired) electrons. The van der Waals surface area contributed by atoms with Gasteiger partial charge in [0.25, 0.3) is 0 Å². The molecule has 7 heteroatoms. The molecule has 1 heterocycles. The van der Waals surface area contributed by atoms with E-state index in [1.807, 2.05) is 66.7 Å². The van der Waals surface area contributed by atoms with Crippen LogP contribution in [0.25, 0.3) is 0 Å². The zero-order valence-electron chi connectivity index (χ0n) is 18.9. The predicted octanol–water partition coefficient (Wildman–Crippen LogP) is 4.37. The quantitative estimate of drug-likeness (QED) is 0.440. The fraction of sp³-hybridized carbons (Fsp3) is 0.259. The highest BCUT2D eigenvalue weighted by atomic mass is 16.5. The molecule has 4 rings (SSSR count). The Bertz CT molecular complexity index is 1080. The van der Waals surface area contributed by atoms with E-state index in [0.29, 0.717) is 18.0 Å². The molecule has 0 aliphatic carbocycles. The van der Waals surface area contributed by atoms with Crippen molar-refractivity contribution in [3.63, 3.8) is 0 Å². The number of amides is 1. The van der Waals surface area contributed by atoms with Crippen LogP contribution >= 0.6 is 0 Å². The molecule has 0 saturated carbocycles. The molecule has 0 aromatic heterocycles. The molecule has 1 aliphatic rings. The van der Waals surface area contributed by atoms with Crippen LogP contribution in [0.2, 0.25) is 0 Å². The molecule has 0 atom stereocenters. The third-order valence-electron chi connectivity index (χ3n) is 5.88. The van der Waals surface area contributed by atoms with E-state index >= 15 is 0 Å². The summed E-state index contributed by atoms with van der Waals surface area (Å²) >= 11 is 0. The molecule has 176 valence electrons. The lowest BCUT2D eigenvalue weighted by Gasteiger charge is -2.34. The lowest BCUT2D eigenvalue weighted by molar-refractivity contribution is -0.118. The van der Waals surface area contributed by atoms with Crippen molar-refractivity contribution in [2.75, 3.05) is 25.0 Å². The van der Waals surface area contributed by atoms with E-state index in [1.54, 1.807) is 12.1 Å². The third-order valence-corrected chi connectivity index (χ3v) is 5.88. The summed E-state index contributed by atoms with van der Waals surface area (Å²) in [5.41, 5.74) is 1.95. The minimum Gasteiger partial charge on any atom is -0.478 e. The SMILES string of the molecule is O=C(CN(Cc1ccc(C(=O)O)cc1)C1CCNCC1)Nc1ccc(Oc2ccccc2)cc1. The molecule has 3 N–H and O–H groups in total. The topological polar surface area (TPSA) is 90.9 Å². The number of carbonyl (C=O) groups is 2. The van der Waals surface area contributed by atoms with E-state index in [-0.39, 0.29) is 24.1 Å². The van der Waals surface area contributed by atoms with Crippen LogP contribution in [0.4, 0.5) is 5.69 Å². The second-order valence-electron chi connectivity index (χ2n) is 8.38. The Balaban J connectivity index is 1.38. The second kappa shape index (κ2) is 11.4. The van der Waals surface area contributed by atoms with Crippen molar-refractivity contribution in [2.45, 2.75) is 25.4 Å². The van der Waals surface area contributed by atoms with Crippen LogP contribution in [0, 0.1) is 0 Å². The molecule has 0 spiro atoms. The molecule has 1 fully saturated rings. The van der Waals surface area contributed by atoms with Gasteiger partial charge < -0.3 is 20.5 Å². The Morgan fingerprint density at radius 2 is 1.56 bits per heavy atom. The van der Waals surface area contributed by atoms with Gasteiger partial charge in [-0.1, -0.05) is 30.3 Å². The lowest BCUT2D eigenvalue weighted by atomic mass is 10.0. The normalized spacial score (nSPS) is 14.0. The first-order chi connectivity index (χ1) is 16.6. The Morgan fingerprint density at radius 3 is 2.21 bits per heavy atom. The molecule has 0 unspecified atom stereocenters. The highest BCUT2D eigenvalue weighted by molar-refractivity contribution is 5.92. The summed E-state index contributed by atoms with van der Waals surface area (Å²) in [5, 5.41) is 15.5. The highest BCUT2D eigenvalue weighted by Crippen LogP contribution is 2.23. The first kappa shape index (κ1) is 23.5. The van der Waals surface area contributed by atoms with Gasteiger partial charge in [0.1, 0.15) is 11.5 Å². The lowest BCUT2D eigenvalue weighted by Crippen LogP contribution is -2.45. The van der Waals surface area contributed by atoms with Gasteiger partial charge in [0.05, 0.1) is 12.1 Å². The summed E-state index contributed by atoms with van der Waals surface area (Å²) < 4.78 is 5.81. The van der Waals surface area contributed by atoms with Gasteiger partial charge in [-0.3, -0.25) is 9.69 Å². The zero-order valence-corrected chi connectivity index (χ0v) is 18.9. The van der Waals surface area contributed by atoms with Gasteiger partial charge in [0.2, 0.25) is 5.91 Å². The maximum absolute atomic E-state index is 12.9. The van der Waals surface area contributed by atoms with Crippen LogP contribution in [-0.4, -0.2) is 47.6 Å². The zero-order chi connectivity index (χ0) is 23.8. The molecular formula is C27H29N3O4. The minimum atomic E-state index is -0.943. The first-order valence-electron chi connectivity index (χ1n) is 11.5. The first-order valence-corrected chi connectivity index (χ1v) is 11.5. The molecule has 3 aromatic carbocycles. The van der Waals surface area contributed by atoms with Crippen LogP contribution in [0.5, 0.6) is 11.5 Å². The number of hydrogen-bond acceptors (Lipinski definition) is 5. The van der Waals surface area contributed by atoms with Crippen LogP contribution in [-0.2, 0) is 11.3 Å². The predicted molar refractivity (Wildman–Crippen MR) is 131 cm³/mol. The Kier molecular flexibility index (Phi) is 7.91. The standard InChI is InChI=1S/C27H29N3O4/c31-26(29-22-10-12-25(13-11-22)34-24-4-2-1-3-5-24)19-30(23-14-16-28-17-15-23)18-20-6-8-21(9-7-20)27(32)33/h1-13,23,28H,14-19H2,(H,29,31)(H,32,33). The van der Waals surface area contributed by atoms with Crippen LogP contribution in [0.1, 0.15) is 28.8 Å². The van der Waals surface area contributed by atoms with Gasteiger partial charge in [0.15, 0.2) is 0 Å². The maximum Gasteiger partial charge on any atom is 0.335 e. The molecular weight excluding hydrogens is 430 g/mol. The molecule has 1 amide bonds.